The van der Waals surface area contributed by atoms with Gasteiger partial charge in [-0.2, -0.15) is 0 Å². The molecule has 3 aromatic rings. The van der Waals surface area contributed by atoms with E-state index in [1.54, 1.807) is 11.1 Å². The Kier molecular flexibility index (Phi) is 5.85. The van der Waals surface area contributed by atoms with Gasteiger partial charge in [-0.3, -0.25) is 9.59 Å². The van der Waals surface area contributed by atoms with Crippen molar-refractivity contribution in [2.45, 2.75) is 32.6 Å². The zero-order chi connectivity index (χ0) is 22.9. The second-order valence-corrected chi connectivity index (χ2v) is 8.77. The summed E-state index contributed by atoms with van der Waals surface area (Å²) in [4.78, 5) is 39.0. The summed E-state index contributed by atoms with van der Waals surface area (Å²) < 4.78 is 11.2. The number of morpholine rings is 1. The summed E-state index contributed by atoms with van der Waals surface area (Å²) in [6.07, 6.45) is 3.41. The smallest absolute Gasteiger partial charge is 0.289 e. The minimum Gasteiger partial charge on any atom is -0.451 e. The van der Waals surface area contributed by atoms with Crippen molar-refractivity contribution in [2.24, 2.45) is 0 Å². The third-order valence-electron chi connectivity index (χ3n) is 6.64. The third-order valence-corrected chi connectivity index (χ3v) is 6.64. The first-order chi connectivity index (χ1) is 16.0. The number of piperidine rings is 1. The fourth-order valence-corrected chi connectivity index (χ4v) is 4.72. The summed E-state index contributed by atoms with van der Waals surface area (Å²) in [5, 5.41) is 0.967. The Labute approximate surface area is 192 Å². The maximum atomic E-state index is 13.3. The Morgan fingerprint density at radius 3 is 2.58 bits per heavy atom. The Morgan fingerprint density at radius 2 is 1.82 bits per heavy atom. The lowest BCUT2D eigenvalue weighted by molar-refractivity contribution is 0.0301. The van der Waals surface area contributed by atoms with E-state index in [4.69, 9.17) is 9.15 Å². The molecule has 2 fully saturated rings. The molecule has 0 saturated carbocycles. The number of nitrogens with zero attached hydrogens (tertiary/aromatic N) is 4. The average Bonchev–Trinajstić information content (AvgIpc) is 3.20. The number of likely N-dealkylation sites (tertiary alicyclic amines) is 1. The van der Waals surface area contributed by atoms with Crippen molar-refractivity contribution in [2.75, 3.05) is 39.4 Å². The molecule has 4 heterocycles. The molecule has 0 spiro atoms. The van der Waals surface area contributed by atoms with Crippen LogP contribution in [0.5, 0.6) is 0 Å². The van der Waals surface area contributed by atoms with Gasteiger partial charge >= 0.3 is 0 Å². The minimum atomic E-state index is -0.0933. The molecule has 2 aliphatic rings. The van der Waals surface area contributed by atoms with Crippen LogP contribution in [0.3, 0.4) is 0 Å². The number of ether oxygens (including phenoxy) is 1. The number of aryl methyl sites for hydroxylation is 2. The summed E-state index contributed by atoms with van der Waals surface area (Å²) in [5.74, 6) is 0.969. The van der Waals surface area contributed by atoms with E-state index in [-0.39, 0.29) is 17.7 Å². The Balaban J connectivity index is 1.33. The van der Waals surface area contributed by atoms with E-state index in [9.17, 15) is 9.59 Å². The van der Waals surface area contributed by atoms with Crippen LogP contribution >= 0.6 is 0 Å². The summed E-state index contributed by atoms with van der Waals surface area (Å²) in [6, 6.07) is 7.71. The molecule has 5 rings (SSSR count). The van der Waals surface area contributed by atoms with E-state index in [1.807, 2.05) is 43.0 Å². The molecule has 0 unspecified atom stereocenters. The van der Waals surface area contributed by atoms with Crippen molar-refractivity contribution in [1.29, 1.82) is 0 Å². The second kappa shape index (κ2) is 8.94. The first kappa shape index (κ1) is 21.6. The molecule has 0 bridgehead atoms. The monoisotopic (exact) mass is 448 g/mol. The Morgan fingerprint density at radius 1 is 1.03 bits per heavy atom. The van der Waals surface area contributed by atoms with Gasteiger partial charge in [0, 0.05) is 49.2 Å². The van der Waals surface area contributed by atoms with Crippen LogP contribution in [0.1, 0.15) is 56.8 Å². The van der Waals surface area contributed by atoms with Gasteiger partial charge in [0.15, 0.2) is 5.76 Å². The molecule has 2 amide bonds. The number of rotatable bonds is 3. The number of benzene rings is 1. The van der Waals surface area contributed by atoms with Crippen molar-refractivity contribution in [1.82, 2.24) is 19.8 Å². The van der Waals surface area contributed by atoms with Crippen LogP contribution in [0.15, 0.2) is 34.9 Å². The molecule has 2 aliphatic heterocycles. The van der Waals surface area contributed by atoms with Crippen LogP contribution in [-0.4, -0.2) is 71.0 Å². The second-order valence-electron chi connectivity index (χ2n) is 8.77. The largest absolute Gasteiger partial charge is 0.451 e. The minimum absolute atomic E-state index is 0.0265. The van der Waals surface area contributed by atoms with Crippen LogP contribution in [0.4, 0.5) is 0 Å². The maximum absolute atomic E-state index is 13.3. The lowest BCUT2D eigenvalue weighted by Crippen LogP contribution is -2.41. The van der Waals surface area contributed by atoms with Crippen LogP contribution in [0.2, 0.25) is 0 Å². The molecule has 1 atom stereocenters. The number of fused-ring (bicyclic) bond motifs is 1. The highest BCUT2D eigenvalue weighted by Crippen LogP contribution is 2.30. The number of carbonyl (C=O) groups excluding carboxylic acids is 2. The van der Waals surface area contributed by atoms with Crippen molar-refractivity contribution in [3.8, 4) is 0 Å². The van der Waals surface area contributed by atoms with Gasteiger partial charge in [-0.1, -0.05) is 18.2 Å². The normalized spacial score (nSPS) is 19.2. The molecular formula is C25H28N4O4. The number of hydrogen-bond donors (Lipinski definition) is 0. The maximum Gasteiger partial charge on any atom is 0.289 e. The number of carbonyl (C=O) groups is 2. The molecule has 0 N–H and O–H groups in total. The Bertz CT molecular complexity index is 1200. The van der Waals surface area contributed by atoms with E-state index >= 15 is 0 Å². The van der Waals surface area contributed by atoms with Gasteiger partial charge in [0.2, 0.25) is 0 Å². The standard InChI is InChI=1S/C25H28N4O4/c1-16-19-7-3-4-8-21(19)33-22(16)25(31)29-9-5-6-18(15-29)23-26-14-20(17(2)27-23)24(30)28-10-12-32-13-11-28/h3-4,7-8,14,18H,5-6,9-13,15H2,1-2H3/t18-/m1/s1. The van der Waals surface area contributed by atoms with Crippen LogP contribution in [0.25, 0.3) is 11.0 Å². The van der Waals surface area contributed by atoms with Crippen LogP contribution in [0, 0.1) is 13.8 Å². The molecule has 172 valence electrons. The zero-order valence-electron chi connectivity index (χ0n) is 19.0. The van der Waals surface area contributed by atoms with Crippen LogP contribution < -0.4 is 0 Å². The molecule has 2 saturated heterocycles. The van der Waals surface area contributed by atoms with Gasteiger partial charge in [0.05, 0.1) is 24.5 Å². The van der Waals surface area contributed by atoms with Crippen LogP contribution in [-0.2, 0) is 4.74 Å². The highest BCUT2D eigenvalue weighted by Gasteiger charge is 2.31. The highest BCUT2D eigenvalue weighted by molar-refractivity contribution is 5.99. The molecule has 0 aliphatic carbocycles. The van der Waals surface area contributed by atoms with Gasteiger partial charge in [-0.25, -0.2) is 9.97 Å². The van der Waals surface area contributed by atoms with Gasteiger partial charge in [0.1, 0.15) is 11.4 Å². The van der Waals surface area contributed by atoms with E-state index in [0.29, 0.717) is 62.2 Å². The number of aromatic nitrogens is 2. The average molecular weight is 449 g/mol. The predicted molar refractivity (Wildman–Crippen MR) is 122 cm³/mol. The quantitative estimate of drug-likeness (QED) is 0.611. The molecule has 2 aromatic heterocycles. The number of furan rings is 1. The lowest BCUT2D eigenvalue weighted by atomic mass is 9.96. The zero-order valence-corrected chi connectivity index (χ0v) is 19.0. The SMILES string of the molecule is Cc1nc([C@@H]2CCCN(C(=O)c3oc4ccccc4c3C)C2)ncc1C(=O)N1CCOCC1. The molecule has 1 aromatic carbocycles. The summed E-state index contributed by atoms with van der Waals surface area (Å²) >= 11 is 0. The fourth-order valence-electron chi connectivity index (χ4n) is 4.72. The third kappa shape index (κ3) is 4.11. The summed E-state index contributed by atoms with van der Waals surface area (Å²) in [6.45, 7) is 7.27. The van der Waals surface area contributed by atoms with Crippen molar-refractivity contribution >= 4 is 22.8 Å². The summed E-state index contributed by atoms with van der Waals surface area (Å²) in [7, 11) is 0. The van der Waals surface area contributed by atoms with E-state index in [1.165, 1.54) is 0 Å². The van der Waals surface area contributed by atoms with E-state index in [2.05, 4.69) is 9.97 Å². The van der Waals surface area contributed by atoms with Gasteiger partial charge < -0.3 is 19.0 Å². The van der Waals surface area contributed by atoms with E-state index < -0.39 is 0 Å². The molecule has 33 heavy (non-hydrogen) atoms. The molecule has 8 heteroatoms. The summed E-state index contributed by atoms with van der Waals surface area (Å²) in [5.41, 5.74) is 2.80. The van der Waals surface area contributed by atoms with E-state index in [0.717, 1.165) is 29.4 Å². The Hall–Kier alpha value is -3.26. The van der Waals surface area contributed by atoms with Gasteiger partial charge in [-0.15, -0.1) is 0 Å². The van der Waals surface area contributed by atoms with Crippen molar-refractivity contribution < 1.29 is 18.7 Å². The van der Waals surface area contributed by atoms with Crippen molar-refractivity contribution in [3.05, 3.63) is 58.9 Å². The lowest BCUT2D eigenvalue weighted by Gasteiger charge is -2.32. The highest BCUT2D eigenvalue weighted by atomic mass is 16.5. The van der Waals surface area contributed by atoms with Gasteiger partial charge in [0.25, 0.3) is 11.8 Å². The molecule has 0 radical (unpaired) electrons. The first-order valence-electron chi connectivity index (χ1n) is 11.5. The number of amides is 2. The van der Waals surface area contributed by atoms with Crippen molar-refractivity contribution in [3.63, 3.8) is 0 Å². The fraction of sp³-hybridized carbons (Fsp3) is 0.440. The number of para-hydroxylation sites is 1. The predicted octanol–water partition coefficient (Wildman–Crippen LogP) is 3.33. The topological polar surface area (TPSA) is 88.8 Å². The first-order valence-corrected chi connectivity index (χ1v) is 11.5. The molecular weight excluding hydrogens is 420 g/mol. The molecule has 8 nitrogen and oxygen atoms in total. The van der Waals surface area contributed by atoms with Gasteiger partial charge in [-0.05, 0) is 32.8 Å². The number of hydrogen-bond acceptors (Lipinski definition) is 6.